The monoisotopic (exact) mass is 740 g/mol. The number of benzene rings is 3. The van der Waals surface area contributed by atoms with Crippen LogP contribution < -0.4 is 10.2 Å². The van der Waals surface area contributed by atoms with Crippen LogP contribution in [0.2, 0.25) is 0 Å². The summed E-state index contributed by atoms with van der Waals surface area (Å²) < 4.78 is 34.2. The van der Waals surface area contributed by atoms with Gasteiger partial charge in [-0.15, -0.1) is 0 Å². The molecule has 53 heavy (non-hydrogen) atoms. The molecule has 0 spiro atoms. The van der Waals surface area contributed by atoms with E-state index in [-0.39, 0.29) is 28.4 Å². The first kappa shape index (κ1) is 37.5. The highest BCUT2D eigenvalue weighted by Gasteiger charge is 2.49. The second kappa shape index (κ2) is 15.4. The molecule has 0 bridgehead atoms. The van der Waals surface area contributed by atoms with Gasteiger partial charge >= 0.3 is 5.97 Å². The number of phenols is 4. The lowest BCUT2D eigenvalue weighted by molar-refractivity contribution is -0.319. The van der Waals surface area contributed by atoms with E-state index in [1.165, 1.54) is 61.5 Å². The van der Waals surface area contributed by atoms with Gasteiger partial charge in [-0.3, -0.25) is 4.79 Å². The van der Waals surface area contributed by atoms with Crippen LogP contribution in [-0.2, 0) is 23.7 Å². The largest absolute Gasteiger partial charge is 0.508 e. The van der Waals surface area contributed by atoms with Crippen LogP contribution in [0.3, 0.4) is 0 Å². The summed E-state index contributed by atoms with van der Waals surface area (Å²) in [6.45, 7) is 0.766. The SMILES string of the molecule is C[C@@H]1O[C@@H](OC[C@H]2O[C@@H](Oc3c(-c4ccc(O)cc4)oc4cc(O)cc(O)c4c3=O)[C@H](O)[C@@H](O)[C@@H]2O)[C@H](OC(=O)/C=C/c2ccc(O)cc2)[C@H](O)[C@H]1O. The summed E-state index contributed by atoms with van der Waals surface area (Å²) in [5.41, 5.74) is -0.504. The molecule has 9 N–H and O–H groups in total. The zero-order chi connectivity index (χ0) is 38.1. The van der Waals surface area contributed by atoms with Gasteiger partial charge in [0.1, 0.15) is 70.6 Å². The van der Waals surface area contributed by atoms with Crippen LogP contribution in [0.4, 0.5) is 0 Å². The van der Waals surface area contributed by atoms with Crippen molar-refractivity contribution < 1.29 is 78.9 Å². The van der Waals surface area contributed by atoms with E-state index in [2.05, 4.69) is 0 Å². The smallest absolute Gasteiger partial charge is 0.331 e. The fourth-order valence-corrected chi connectivity index (χ4v) is 5.82. The minimum absolute atomic E-state index is 0.0163. The summed E-state index contributed by atoms with van der Waals surface area (Å²) in [7, 11) is 0. The summed E-state index contributed by atoms with van der Waals surface area (Å²) in [6, 6.07) is 13.1. The predicted molar refractivity (Wildman–Crippen MR) is 180 cm³/mol. The summed E-state index contributed by atoms with van der Waals surface area (Å²) in [4.78, 5) is 26.4. The van der Waals surface area contributed by atoms with Crippen LogP contribution in [0.5, 0.6) is 28.7 Å². The third-order valence-corrected chi connectivity index (χ3v) is 8.72. The zero-order valence-electron chi connectivity index (χ0n) is 27.7. The minimum Gasteiger partial charge on any atom is -0.508 e. The Bertz CT molecular complexity index is 2010. The molecule has 0 aliphatic carbocycles. The number of aliphatic hydroxyl groups excluding tert-OH is 5. The Morgan fingerprint density at radius 2 is 1.43 bits per heavy atom. The van der Waals surface area contributed by atoms with Gasteiger partial charge in [-0.2, -0.15) is 0 Å². The Morgan fingerprint density at radius 3 is 2.11 bits per heavy atom. The van der Waals surface area contributed by atoms with Crippen LogP contribution in [0.25, 0.3) is 28.4 Å². The first-order valence-corrected chi connectivity index (χ1v) is 16.2. The van der Waals surface area contributed by atoms with E-state index in [4.69, 9.17) is 28.1 Å². The van der Waals surface area contributed by atoms with Crippen molar-refractivity contribution in [3.05, 3.63) is 82.5 Å². The van der Waals surface area contributed by atoms with Gasteiger partial charge in [0.25, 0.3) is 0 Å². The Balaban J connectivity index is 1.23. The molecular weight excluding hydrogens is 704 g/mol. The molecule has 282 valence electrons. The van der Waals surface area contributed by atoms with Gasteiger partial charge in [0.05, 0.1) is 12.7 Å². The number of esters is 1. The van der Waals surface area contributed by atoms with Crippen LogP contribution in [0.15, 0.2) is 76.0 Å². The molecule has 0 radical (unpaired) electrons. The number of hydrogen-bond acceptors (Lipinski definition) is 17. The van der Waals surface area contributed by atoms with Crippen molar-refractivity contribution in [2.45, 2.75) is 68.3 Å². The summed E-state index contributed by atoms with van der Waals surface area (Å²) >= 11 is 0. The first-order valence-electron chi connectivity index (χ1n) is 16.2. The predicted octanol–water partition coefficient (Wildman–Crippen LogP) is 0.577. The van der Waals surface area contributed by atoms with Gasteiger partial charge in [0.2, 0.25) is 17.5 Å². The average Bonchev–Trinajstić information content (AvgIpc) is 3.12. The zero-order valence-corrected chi connectivity index (χ0v) is 27.7. The maximum atomic E-state index is 13.7. The number of rotatable bonds is 9. The fraction of sp³-hybridized carbons (Fsp3) is 0.333. The van der Waals surface area contributed by atoms with Gasteiger partial charge < -0.3 is 74.1 Å². The molecule has 1 aromatic heterocycles. The van der Waals surface area contributed by atoms with Crippen molar-refractivity contribution in [3.63, 3.8) is 0 Å². The molecule has 6 rings (SSSR count). The number of fused-ring (bicyclic) bond motifs is 1. The topological polar surface area (TPSA) is 275 Å². The lowest BCUT2D eigenvalue weighted by atomic mass is 9.98. The van der Waals surface area contributed by atoms with Crippen LogP contribution in [0.1, 0.15) is 12.5 Å². The molecule has 2 aliphatic heterocycles. The number of aliphatic hydroxyl groups is 5. The molecule has 0 saturated carbocycles. The van der Waals surface area contributed by atoms with E-state index in [1.54, 1.807) is 0 Å². The molecule has 2 aliphatic rings. The van der Waals surface area contributed by atoms with Crippen molar-refractivity contribution in [3.8, 4) is 40.1 Å². The van der Waals surface area contributed by atoms with Crippen LogP contribution >= 0.6 is 0 Å². The van der Waals surface area contributed by atoms with Crippen molar-refractivity contribution in [2.24, 2.45) is 0 Å². The second-order valence-corrected chi connectivity index (χ2v) is 12.5. The van der Waals surface area contributed by atoms with E-state index in [0.29, 0.717) is 5.56 Å². The van der Waals surface area contributed by atoms with E-state index >= 15 is 0 Å². The molecule has 3 aromatic carbocycles. The maximum absolute atomic E-state index is 13.7. The minimum atomic E-state index is -1.98. The van der Waals surface area contributed by atoms with Crippen molar-refractivity contribution >= 4 is 23.0 Å². The number of aromatic hydroxyl groups is 4. The molecule has 4 aromatic rings. The van der Waals surface area contributed by atoms with Gasteiger partial charge in [-0.25, -0.2) is 4.79 Å². The molecule has 0 amide bonds. The maximum Gasteiger partial charge on any atom is 0.331 e. The molecule has 3 heterocycles. The van der Waals surface area contributed by atoms with Crippen molar-refractivity contribution in [1.82, 2.24) is 0 Å². The van der Waals surface area contributed by atoms with Crippen LogP contribution in [-0.4, -0.2) is 120 Å². The van der Waals surface area contributed by atoms with Gasteiger partial charge in [0, 0.05) is 23.8 Å². The normalized spacial score (nSPS) is 28.9. The summed E-state index contributed by atoms with van der Waals surface area (Å²) in [5, 5.41) is 93.0. The first-order chi connectivity index (χ1) is 25.2. The number of ether oxygens (including phenoxy) is 5. The standard InChI is InChI=1S/C36H36O17/c1-15-26(42)30(46)34(52-24(41)11-4-16-2-7-18(37)8-3-16)36(49-15)48-14-23-27(43)29(45)31(47)35(51-23)53-33-28(44)25-21(40)12-20(39)13-22(25)50-32(33)17-5-9-19(38)10-6-17/h2-13,15,23,26-27,29-31,34-40,42-43,45-47H,14H2,1H3/b11-4+/t15-,23+,26-,27+,29-,30+,31+,34+,35-,36+/m0/s1. The molecule has 17 heteroatoms. The number of phenolic OH excluding ortho intramolecular Hbond substituents is 4. The Labute approximate surface area is 299 Å². The van der Waals surface area contributed by atoms with Gasteiger partial charge in [-0.05, 0) is 55.0 Å². The molecular formula is C36H36O17. The Kier molecular flexibility index (Phi) is 10.9. The van der Waals surface area contributed by atoms with E-state index < -0.39 is 102 Å². The number of hydrogen-bond donors (Lipinski definition) is 9. The molecule has 2 fully saturated rings. The van der Waals surface area contributed by atoms with Gasteiger partial charge in [-0.1, -0.05) is 12.1 Å². The molecule has 10 atom stereocenters. The van der Waals surface area contributed by atoms with E-state index in [0.717, 1.165) is 18.2 Å². The second-order valence-electron chi connectivity index (χ2n) is 12.5. The fourth-order valence-electron chi connectivity index (χ4n) is 5.82. The number of carbonyl (C=O) groups excluding carboxylic acids is 1. The highest BCUT2D eigenvalue weighted by Crippen LogP contribution is 2.38. The quantitative estimate of drug-likeness (QED) is 0.0838. The molecule has 17 nitrogen and oxygen atoms in total. The average molecular weight is 741 g/mol. The third-order valence-electron chi connectivity index (χ3n) is 8.72. The Morgan fingerprint density at radius 1 is 0.774 bits per heavy atom. The van der Waals surface area contributed by atoms with Gasteiger partial charge in [0.15, 0.2) is 18.2 Å². The lowest BCUT2D eigenvalue weighted by Crippen LogP contribution is -2.62. The lowest BCUT2D eigenvalue weighted by Gasteiger charge is -2.43. The third kappa shape index (κ3) is 7.92. The van der Waals surface area contributed by atoms with Crippen molar-refractivity contribution in [2.75, 3.05) is 6.61 Å². The van der Waals surface area contributed by atoms with E-state index in [9.17, 15) is 55.5 Å². The highest BCUT2D eigenvalue weighted by atomic mass is 16.7. The van der Waals surface area contributed by atoms with E-state index in [1.807, 2.05) is 0 Å². The van der Waals surface area contributed by atoms with Crippen LogP contribution in [0, 0.1) is 0 Å². The molecule has 0 unspecified atom stereocenters. The molecule has 2 saturated heterocycles. The Hall–Kier alpha value is -5.24. The van der Waals surface area contributed by atoms with Crippen molar-refractivity contribution in [1.29, 1.82) is 0 Å². The summed E-state index contributed by atoms with van der Waals surface area (Å²) in [5.74, 6) is -3.05. The summed E-state index contributed by atoms with van der Waals surface area (Å²) in [6.07, 6.45) is -14.1. The number of carbonyl (C=O) groups is 1. The highest BCUT2D eigenvalue weighted by molar-refractivity contribution is 5.88.